The van der Waals surface area contributed by atoms with E-state index in [2.05, 4.69) is 5.16 Å². The summed E-state index contributed by atoms with van der Waals surface area (Å²) < 4.78 is 5.04. The molecule has 0 unspecified atom stereocenters. The molecule has 0 aromatic carbocycles. The Morgan fingerprint density at radius 1 is 1.53 bits per heavy atom. The van der Waals surface area contributed by atoms with Gasteiger partial charge in [0.25, 0.3) is 0 Å². The Hall–Kier alpha value is -1.36. The second-order valence-corrected chi connectivity index (χ2v) is 4.52. The van der Waals surface area contributed by atoms with Gasteiger partial charge in [0.15, 0.2) is 0 Å². The average Bonchev–Trinajstić information content (AvgIpc) is 3.08. The second-order valence-electron chi connectivity index (χ2n) is 4.52. The highest BCUT2D eigenvalue weighted by molar-refractivity contribution is 5.79. The Morgan fingerprint density at radius 2 is 2.24 bits per heavy atom. The number of carbonyl (C=O) groups is 1. The summed E-state index contributed by atoms with van der Waals surface area (Å²) in [5.41, 5.74) is 1.65. The minimum absolute atomic E-state index is 0.0177. The zero-order chi connectivity index (χ0) is 12.4. The number of hydrogen-bond donors (Lipinski definition) is 1. The van der Waals surface area contributed by atoms with Crippen molar-refractivity contribution in [3.8, 4) is 0 Å². The highest BCUT2D eigenvalue weighted by Gasteiger charge is 2.32. The lowest BCUT2D eigenvalue weighted by Gasteiger charge is -2.21. The third-order valence-corrected chi connectivity index (χ3v) is 3.16. The summed E-state index contributed by atoms with van der Waals surface area (Å²) >= 11 is 0. The average molecular weight is 238 g/mol. The van der Waals surface area contributed by atoms with Gasteiger partial charge in [-0.15, -0.1) is 0 Å². The van der Waals surface area contributed by atoms with Gasteiger partial charge in [-0.3, -0.25) is 4.79 Å². The maximum absolute atomic E-state index is 12.1. The summed E-state index contributed by atoms with van der Waals surface area (Å²) in [6.45, 7) is 4.10. The zero-order valence-electron chi connectivity index (χ0n) is 10.3. The van der Waals surface area contributed by atoms with Gasteiger partial charge in [0, 0.05) is 18.2 Å². The van der Waals surface area contributed by atoms with Crippen molar-refractivity contribution < 1.29 is 14.4 Å². The molecule has 1 aromatic rings. The summed E-state index contributed by atoms with van der Waals surface area (Å²) in [6, 6.07) is 0.329. The van der Waals surface area contributed by atoms with Crippen molar-refractivity contribution in [2.75, 3.05) is 13.2 Å². The molecule has 94 valence electrons. The van der Waals surface area contributed by atoms with Crippen LogP contribution >= 0.6 is 0 Å². The molecule has 5 heteroatoms. The highest BCUT2D eigenvalue weighted by Crippen LogP contribution is 2.27. The Labute approximate surface area is 100 Å². The number of nitrogens with zero attached hydrogens (tertiary/aromatic N) is 2. The van der Waals surface area contributed by atoms with Crippen molar-refractivity contribution in [3.63, 3.8) is 0 Å². The molecular formula is C12H18N2O3. The molecule has 1 saturated carbocycles. The predicted octanol–water partition coefficient (Wildman–Crippen LogP) is 0.817. The molecule has 0 saturated heterocycles. The van der Waals surface area contributed by atoms with Crippen LogP contribution in [0.15, 0.2) is 4.52 Å². The Bertz CT molecular complexity index is 390. The highest BCUT2D eigenvalue weighted by atomic mass is 16.5. The second kappa shape index (κ2) is 4.87. The standard InChI is InChI=1S/C12H18N2O3/c1-8-11(9(2)17-13-8)7-12(16)14(5-6-15)10-3-4-10/h10,15H,3-7H2,1-2H3. The molecule has 2 rings (SSSR count). The van der Waals surface area contributed by atoms with E-state index in [-0.39, 0.29) is 12.5 Å². The first-order chi connectivity index (χ1) is 8.13. The smallest absolute Gasteiger partial charge is 0.227 e. The van der Waals surface area contributed by atoms with Crippen molar-refractivity contribution in [1.82, 2.24) is 10.1 Å². The molecule has 1 aliphatic carbocycles. The maximum atomic E-state index is 12.1. The van der Waals surface area contributed by atoms with E-state index >= 15 is 0 Å². The molecule has 0 radical (unpaired) electrons. The first kappa shape index (κ1) is 12.1. The lowest BCUT2D eigenvalue weighted by Crippen LogP contribution is -2.36. The van der Waals surface area contributed by atoms with E-state index in [1.807, 2.05) is 13.8 Å². The summed E-state index contributed by atoms with van der Waals surface area (Å²) in [6.07, 6.45) is 2.42. The van der Waals surface area contributed by atoms with Crippen LogP contribution in [-0.2, 0) is 11.2 Å². The van der Waals surface area contributed by atoms with Gasteiger partial charge in [0.05, 0.1) is 18.7 Å². The molecule has 17 heavy (non-hydrogen) atoms. The fourth-order valence-corrected chi connectivity index (χ4v) is 2.01. The molecule has 0 bridgehead atoms. The first-order valence-electron chi connectivity index (χ1n) is 5.95. The number of aryl methyl sites for hydroxylation is 2. The van der Waals surface area contributed by atoms with Crippen molar-refractivity contribution in [1.29, 1.82) is 0 Å². The number of aromatic nitrogens is 1. The number of rotatable bonds is 5. The van der Waals surface area contributed by atoms with Gasteiger partial charge in [-0.25, -0.2) is 0 Å². The van der Waals surface area contributed by atoms with Gasteiger partial charge >= 0.3 is 0 Å². The Morgan fingerprint density at radius 3 is 2.71 bits per heavy atom. The molecule has 1 heterocycles. The van der Waals surface area contributed by atoms with E-state index in [4.69, 9.17) is 9.63 Å². The van der Waals surface area contributed by atoms with Gasteiger partial charge in [0.2, 0.25) is 5.91 Å². The van der Waals surface area contributed by atoms with Crippen LogP contribution in [0.2, 0.25) is 0 Å². The zero-order valence-corrected chi connectivity index (χ0v) is 10.3. The van der Waals surface area contributed by atoms with Crippen LogP contribution in [-0.4, -0.2) is 40.3 Å². The third kappa shape index (κ3) is 2.66. The van der Waals surface area contributed by atoms with Crippen LogP contribution in [0.5, 0.6) is 0 Å². The third-order valence-electron chi connectivity index (χ3n) is 3.16. The van der Waals surface area contributed by atoms with Crippen LogP contribution in [0.4, 0.5) is 0 Å². The van der Waals surface area contributed by atoms with Crippen molar-refractivity contribution in [2.45, 2.75) is 39.2 Å². The summed E-state index contributed by atoms with van der Waals surface area (Å²) in [7, 11) is 0. The predicted molar refractivity (Wildman–Crippen MR) is 61.5 cm³/mol. The van der Waals surface area contributed by atoms with E-state index in [9.17, 15) is 4.79 Å². The van der Waals surface area contributed by atoms with E-state index in [1.165, 1.54) is 0 Å². The molecular weight excluding hydrogens is 220 g/mol. The van der Waals surface area contributed by atoms with Gasteiger partial charge in [-0.1, -0.05) is 5.16 Å². The summed E-state index contributed by atoms with van der Waals surface area (Å²) in [4.78, 5) is 13.9. The van der Waals surface area contributed by atoms with Crippen LogP contribution in [0, 0.1) is 13.8 Å². The number of aliphatic hydroxyl groups is 1. The largest absolute Gasteiger partial charge is 0.395 e. The number of aliphatic hydroxyl groups excluding tert-OH is 1. The molecule has 1 N–H and O–H groups in total. The normalized spacial score (nSPS) is 15.0. The van der Waals surface area contributed by atoms with Gasteiger partial charge in [-0.05, 0) is 26.7 Å². The molecule has 0 atom stereocenters. The van der Waals surface area contributed by atoms with E-state index < -0.39 is 0 Å². The van der Waals surface area contributed by atoms with Crippen molar-refractivity contribution in [2.24, 2.45) is 0 Å². The number of amides is 1. The Balaban J connectivity index is 2.04. The van der Waals surface area contributed by atoms with Crippen LogP contribution in [0.25, 0.3) is 0 Å². The lowest BCUT2D eigenvalue weighted by molar-refractivity contribution is -0.131. The molecule has 5 nitrogen and oxygen atoms in total. The quantitative estimate of drug-likeness (QED) is 0.824. The fraction of sp³-hybridized carbons (Fsp3) is 0.667. The molecule has 1 amide bonds. The number of hydrogen-bond acceptors (Lipinski definition) is 4. The topological polar surface area (TPSA) is 66.6 Å². The fourth-order valence-electron chi connectivity index (χ4n) is 2.01. The monoisotopic (exact) mass is 238 g/mol. The van der Waals surface area contributed by atoms with E-state index in [1.54, 1.807) is 4.90 Å². The van der Waals surface area contributed by atoms with Crippen molar-refractivity contribution >= 4 is 5.91 Å². The number of carbonyl (C=O) groups excluding carboxylic acids is 1. The van der Waals surface area contributed by atoms with Gasteiger partial charge in [0.1, 0.15) is 5.76 Å². The van der Waals surface area contributed by atoms with Crippen LogP contribution < -0.4 is 0 Å². The maximum Gasteiger partial charge on any atom is 0.227 e. The van der Waals surface area contributed by atoms with Crippen LogP contribution in [0.3, 0.4) is 0 Å². The van der Waals surface area contributed by atoms with Crippen LogP contribution in [0.1, 0.15) is 29.9 Å². The molecule has 1 aromatic heterocycles. The van der Waals surface area contributed by atoms with Gasteiger partial charge in [-0.2, -0.15) is 0 Å². The van der Waals surface area contributed by atoms with E-state index in [0.717, 1.165) is 24.1 Å². The summed E-state index contributed by atoms with van der Waals surface area (Å²) in [5.74, 6) is 0.756. The molecule has 0 aliphatic heterocycles. The molecule has 1 fully saturated rings. The minimum Gasteiger partial charge on any atom is -0.395 e. The Kier molecular flexibility index (Phi) is 3.47. The SMILES string of the molecule is Cc1noc(C)c1CC(=O)N(CCO)C1CC1. The lowest BCUT2D eigenvalue weighted by atomic mass is 10.1. The first-order valence-corrected chi connectivity index (χ1v) is 5.95. The van der Waals surface area contributed by atoms with Gasteiger partial charge < -0.3 is 14.5 Å². The molecule has 0 spiro atoms. The molecule has 1 aliphatic rings. The van der Waals surface area contributed by atoms with E-state index in [0.29, 0.717) is 24.8 Å². The van der Waals surface area contributed by atoms with Crippen molar-refractivity contribution in [3.05, 3.63) is 17.0 Å². The minimum atomic E-state index is 0.0177. The summed E-state index contributed by atoms with van der Waals surface area (Å²) in [5, 5.41) is 12.8.